The van der Waals surface area contributed by atoms with E-state index < -0.39 is 0 Å². The number of ether oxygens (including phenoxy) is 2. The van der Waals surface area contributed by atoms with Crippen molar-refractivity contribution in [3.8, 4) is 0 Å². The summed E-state index contributed by atoms with van der Waals surface area (Å²) in [6, 6.07) is 11.0. The molecular weight excluding hydrogens is 535 g/mol. The van der Waals surface area contributed by atoms with E-state index in [1.165, 1.54) is 6.26 Å². The lowest BCUT2D eigenvalue weighted by atomic mass is 10.1. The third-order valence-electron chi connectivity index (χ3n) is 5.29. The largest absolute Gasteiger partial charge is 0.459 e. The molecule has 1 aliphatic heterocycles. The number of nitrogens with one attached hydrogen (secondary N) is 2. The van der Waals surface area contributed by atoms with Crippen molar-refractivity contribution in [2.24, 2.45) is 4.99 Å². The van der Waals surface area contributed by atoms with E-state index >= 15 is 0 Å². The number of hydrogen-bond donors (Lipinski definition) is 2. The summed E-state index contributed by atoms with van der Waals surface area (Å²) in [7, 11) is 1.72. The van der Waals surface area contributed by atoms with Gasteiger partial charge in [-0.1, -0.05) is 12.1 Å². The predicted octanol–water partition coefficient (Wildman–Crippen LogP) is 4.13. The Balaban J connectivity index is 0.00000385. The molecule has 1 aromatic heterocycles. The number of carbonyl (C=O) groups excluding carboxylic acids is 1. The molecule has 3 rings (SSSR count). The summed E-state index contributed by atoms with van der Waals surface area (Å²) < 4.78 is 16.2. The molecule has 182 valence electrons. The van der Waals surface area contributed by atoms with E-state index in [9.17, 15) is 4.79 Å². The SMILES string of the molecule is CCNC(=NCc1ccc(NC(=O)c2ccco2)cc1)N1CCC(OCCCOC)CC1.I. The summed E-state index contributed by atoms with van der Waals surface area (Å²) in [6.07, 6.45) is 4.74. The van der Waals surface area contributed by atoms with Gasteiger partial charge in [0, 0.05) is 45.6 Å². The zero-order valence-electron chi connectivity index (χ0n) is 19.4. The average molecular weight is 570 g/mol. The Kier molecular flexibility index (Phi) is 12.3. The van der Waals surface area contributed by atoms with Crippen molar-refractivity contribution >= 4 is 41.5 Å². The van der Waals surface area contributed by atoms with Gasteiger partial charge in [-0.3, -0.25) is 4.79 Å². The number of nitrogens with zero attached hydrogens (tertiary/aromatic N) is 2. The first kappa shape index (κ1) is 27.1. The fourth-order valence-electron chi connectivity index (χ4n) is 3.57. The van der Waals surface area contributed by atoms with Gasteiger partial charge in [0.1, 0.15) is 0 Å². The topological polar surface area (TPSA) is 88.3 Å². The van der Waals surface area contributed by atoms with E-state index in [1.807, 2.05) is 24.3 Å². The number of halogens is 1. The Morgan fingerprint density at radius 3 is 2.58 bits per heavy atom. The lowest BCUT2D eigenvalue weighted by molar-refractivity contribution is 0.00990. The van der Waals surface area contributed by atoms with Crippen molar-refractivity contribution in [2.75, 3.05) is 45.3 Å². The van der Waals surface area contributed by atoms with Gasteiger partial charge in [-0.25, -0.2) is 4.99 Å². The molecule has 1 aliphatic rings. The zero-order valence-corrected chi connectivity index (χ0v) is 21.7. The first-order valence-corrected chi connectivity index (χ1v) is 11.3. The molecular formula is C24H35IN4O4. The van der Waals surface area contributed by atoms with Crippen molar-refractivity contribution in [2.45, 2.75) is 38.8 Å². The highest BCUT2D eigenvalue weighted by Crippen LogP contribution is 2.16. The highest BCUT2D eigenvalue weighted by atomic mass is 127. The molecule has 1 fully saturated rings. The standard InChI is InChI=1S/C24H34N4O4.HI/c1-3-25-24(28-13-11-21(12-14-28)31-17-5-15-30-2)26-18-19-7-9-20(10-8-19)27-23(29)22-6-4-16-32-22;/h4,6-10,16,21H,3,5,11-15,17-18H2,1-2H3,(H,25,26)(H,27,29);1H. The maximum atomic E-state index is 12.1. The van der Waals surface area contributed by atoms with Crippen molar-refractivity contribution in [1.29, 1.82) is 0 Å². The van der Waals surface area contributed by atoms with Gasteiger partial charge in [0.05, 0.1) is 18.9 Å². The molecule has 2 aromatic rings. The van der Waals surface area contributed by atoms with Crippen molar-refractivity contribution in [1.82, 2.24) is 10.2 Å². The van der Waals surface area contributed by atoms with Crippen LogP contribution in [-0.4, -0.2) is 62.8 Å². The number of anilines is 1. The Morgan fingerprint density at radius 2 is 1.94 bits per heavy atom. The molecule has 0 atom stereocenters. The lowest BCUT2D eigenvalue weighted by Crippen LogP contribution is -2.47. The summed E-state index contributed by atoms with van der Waals surface area (Å²) in [4.78, 5) is 19.2. The van der Waals surface area contributed by atoms with Crippen LogP contribution in [0.25, 0.3) is 0 Å². The van der Waals surface area contributed by atoms with Gasteiger partial charge in [0.2, 0.25) is 0 Å². The summed E-state index contributed by atoms with van der Waals surface area (Å²) in [5, 5.41) is 6.23. The summed E-state index contributed by atoms with van der Waals surface area (Å²) >= 11 is 0. The van der Waals surface area contributed by atoms with E-state index in [4.69, 9.17) is 18.9 Å². The van der Waals surface area contributed by atoms with Gasteiger partial charge >= 0.3 is 0 Å². The van der Waals surface area contributed by atoms with Gasteiger partial charge in [-0.2, -0.15) is 0 Å². The van der Waals surface area contributed by atoms with E-state index in [0.29, 0.717) is 12.6 Å². The van der Waals surface area contributed by atoms with Crippen LogP contribution < -0.4 is 10.6 Å². The highest BCUT2D eigenvalue weighted by Gasteiger charge is 2.21. The number of benzene rings is 1. The Hall–Kier alpha value is -2.11. The molecule has 8 nitrogen and oxygen atoms in total. The third-order valence-corrected chi connectivity index (χ3v) is 5.29. The second kappa shape index (κ2) is 14.9. The van der Waals surface area contributed by atoms with E-state index in [1.54, 1.807) is 19.2 Å². The maximum Gasteiger partial charge on any atom is 0.291 e. The second-order valence-electron chi connectivity index (χ2n) is 7.70. The van der Waals surface area contributed by atoms with Crippen LogP contribution in [-0.2, 0) is 16.0 Å². The zero-order chi connectivity index (χ0) is 22.6. The number of amides is 1. The first-order chi connectivity index (χ1) is 15.7. The predicted molar refractivity (Wildman–Crippen MR) is 140 cm³/mol. The number of likely N-dealkylation sites (tertiary alicyclic amines) is 1. The van der Waals surface area contributed by atoms with E-state index in [2.05, 4.69) is 22.5 Å². The van der Waals surface area contributed by atoms with Crippen molar-refractivity contribution in [3.63, 3.8) is 0 Å². The summed E-state index contributed by atoms with van der Waals surface area (Å²) in [6.45, 7) is 6.83. The minimum atomic E-state index is -0.263. The van der Waals surface area contributed by atoms with Gasteiger partial charge in [-0.05, 0) is 56.0 Å². The normalized spacial score (nSPS) is 14.6. The summed E-state index contributed by atoms with van der Waals surface area (Å²) in [5.74, 6) is 0.958. The van der Waals surface area contributed by atoms with Crippen LogP contribution >= 0.6 is 24.0 Å². The molecule has 0 radical (unpaired) electrons. The quantitative estimate of drug-likeness (QED) is 0.193. The van der Waals surface area contributed by atoms with E-state index in [-0.39, 0.29) is 35.6 Å². The van der Waals surface area contributed by atoms with Gasteiger partial charge in [0.15, 0.2) is 11.7 Å². The maximum absolute atomic E-state index is 12.1. The van der Waals surface area contributed by atoms with Crippen LogP contribution in [0.1, 0.15) is 42.3 Å². The number of methoxy groups -OCH3 is 1. The summed E-state index contributed by atoms with van der Waals surface area (Å²) in [5.41, 5.74) is 1.80. The average Bonchev–Trinajstić information content (AvgIpc) is 3.36. The molecule has 0 unspecified atom stereocenters. The molecule has 0 saturated carbocycles. The van der Waals surface area contributed by atoms with Crippen molar-refractivity contribution < 1.29 is 18.7 Å². The number of carbonyl (C=O) groups is 1. The third kappa shape index (κ3) is 8.98. The van der Waals surface area contributed by atoms with Gasteiger partial charge in [0.25, 0.3) is 5.91 Å². The van der Waals surface area contributed by atoms with Gasteiger partial charge < -0.3 is 29.4 Å². The Labute approximate surface area is 213 Å². The Morgan fingerprint density at radius 1 is 1.18 bits per heavy atom. The van der Waals surface area contributed by atoms with Crippen molar-refractivity contribution in [3.05, 3.63) is 54.0 Å². The molecule has 2 heterocycles. The van der Waals surface area contributed by atoms with Crippen LogP contribution in [0.15, 0.2) is 52.1 Å². The molecule has 1 saturated heterocycles. The fraction of sp³-hybridized carbons (Fsp3) is 0.500. The number of rotatable bonds is 10. The smallest absolute Gasteiger partial charge is 0.291 e. The highest BCUT2D eigenvalue weighted by molar-refractivity contribution is 14.0. The van der Waals surface area contributed by atoms with Crippen LogP contribution in [0.3, 0.4) is 0 Å². The fourth-order valence-corrected chi connectivity index (χ4v) is 3.57. The molecule has 0 bridgehead atoms. The minimum absolute atomic E-state index is 0. The molecule has 0 spiro atoms. The van der Waals surface area contributed by atoms with Crippen LogP contribution in [0.5, 0.6) is 0 Å². The van der Waals surface area contributed by atoms with Crippen LogP contribution in [0.2, 0.25) is 0 Å². The van der Waals surface area contributed by atoms with E-state index in [0.717, 1.165) is 69.3 Å². The number of piperidine rings is 1. The lowest BCUT2D eigenvalue weighted by Gasteiger charge is -2.34. The van der Waals surface area contributed by atoms with Crippen LogP contribution in [0.4, 0.5) is 5.69 Å². The first-order valence-electron chi connectivity index (χ1n) is 11.3. The minimum Gasteiger partial charge on any atom is -0.459 e. The number of furan rings is 1. The molecule has 0 aliphatic carbocycles. The number of aliphatic imine (C=N–C) groups is 1. The molecule has 2 N–H and O–H groups in total. The number of guanidine groups is 1. The molecule has 33 heavy (non-hydrogen) atoms. The Bertz CT molecular complexity index is 835. The number of hydrogen-bond acceptors (Lipinski definition) is 5. The van der Waals surface area contributed by atoms with Crippen LogP contribution in [0, 0.1) is 0 Å². The monoisotopic (exact) mass is 570 g/mol. The molecule has 9 heteroatoms. The molecule has 1 aromatic carbocycles. The second-order valence-corrected chi connectivity index (χ2v) is 7.70. The van der Waals surface area contributed by atoms with Gasteiger partial charge in [-0.15, -0.1) is 24.0 Å². The molecule has 1 amide bonds.